The van der Waals surface area contributed by atoms with Crippen LogP contribution >= 0.6 is 0 Å². The second-order valence-corrected chi connectivity index (χ2v) is 7.78. The summed E-state index contributed by atoms with van der Waals surface area (Å²) in [6, 6.07) is 18.4. The number of amides is 1. The summed E-state index contributed by atoms with van der Waals surface area (Å²) in [4.78, 5) is 17.1. The second kappa shape index (κ2) is 9.73. The number of aliphatic hydroxyl groups is 1. The molecule has 6 nitrogen and oxygen atoms in total. The van der Waals surface area contributed by atoms with Gasteiger partial charge in [-0.3, -0.25) is 4.79 Å². The van der Waals surface area contributed by atoms with Crippen molar-refractivity contribution in [3.05, 3.63) is 83.6 Å². The summed E-state index contributed by atoms with van der Waals surface area (Å²) in [6.07, 6.45) is 3.82. The zero-order valence-electron chi connectivity index (χ0n) is 17.3. The molecule has 1 aliphatic rings. The number of hydrogen-bond acceptors (Lipinski definition) is 5. The van der Waals surface area contributed by atoms with Crippen molar-refractivity contribution in [3.63, 3.8) is 0 Å². The van der Waals surface area contributed by atoms with Gasteiger partial charge in [0.1, 0.15) is 5.82 Å². The molecule has 0 saturated carbocycles. The minimum atomic E-state index is -0.454. The second-order valence-electron chi connectivity index (χ2n) is 7.78. The number of nitrogens with zero attached hydrogens (tertiary/aromatic N) is 1. The molecule has 4 N–H and O–H groups in total. The van der Waals surface area contributed by atoms with Crippen molar-refractivity contribution in [2.24, 2.45) is 0 Å². The number of nitrogens with two attached hydrogens (primary N) is 1. The number of rotatable bonds is 6. The van der Waals surface area contributed by atoms with E-state index in [1.807, 2.05) is 48.7 Å². The summed E-state index contributed by atoms with van der Waals surface area (Å²) in [5.74, 6) is 0.660. The molecule has 4 rings (SSSR count). The van der Waals surface area contributed by atoms with Gasteiger partial charge in [0.05, 0.1) is 12.6 Å². The lowest BCUT2D eigenvalue weighted by Gasteiger charge is -2.23. The molecule has 1 saturated heterocycles. The van der Waals surface area contributed by atoms with E-state index in [2.05, 4.69) is 16.4 Å². The molecule has 1 fully saturated rings. The Morgan fingerprint density at radius 1 is 1.13 bits per heavy atom. The zero-order chi connectivity index (χ0) is 21.6. The number of carbonyl (C=O) groups is 1. The normalized spacial score (nSPS) is 15.4. The summed E-state index contributed by atoms with van der Waals surface area (Å²) >= 11 is 0. The van der Waals surface area contributed by atoms with Crippen LogP contribution in [0, 0.1) is 0 Å². The van der Waals surface area contributed by atoms with Gasteiger partial charge in [0.2, 0.25) is 0 Å². The number of carbonyl (C=O) groups excluding carboxylic acids is 1. The van der Waals surface area contributed by atoms with Crippen molar-refractivity contribution in [3.8, 4) is 11.1 Å². The maximum atomic E-state index is 12.7. The number of benzene rings is 2. The summed E-state index contributed by atoms with van der Waals surface area (Å²) in [6.45, 7) is 1.37. The SMILES string of the molecule is Nc1ncc(C2CCOCC2)cc1-c1ccc(C(=O)NC(CO)c2ccccc2)cc1. The number of anilines is 1. The van der Waals surface area contributed by atoms with Gasteiger partial charge in [-0.15, -0.1) is 0 Å². The van der Waals surface area contributed by atoms with Gasteiger partial charge in [0.15, 0.2) is 0 Å². The predicted molar refractivity (Wildman–Crippen MR) is 121 cm³/mol. The Morgan fingerprint density at radius 2 is 1.84 bits per heavy atom. The van der Waals surface area contributed by atoms with E-state index in [4.69, 9.17) is 10.5 Å². The van der Waals surface area contributed by atoms with Gasteiger partial charge in [-0.1, -0.05) is 42.5 Å². The van der Waals surface area contributed by atoms with Crippen LogP contribution in [0.25, 0.3) is 11.1 Å². The summed E-state index contributed by atoms with van der Waals surface area (Å²) in [5, 5.41) is 12.6. The van der Waals surface area contributed by atoms with Crippen LogP contribution in [0.5, 0.6) is 0 Å². The fourth-order valence-corrected chi connectivity index (χ4v) is 3.94. The Hall–Kier alpha value is -3.22. The Balaban J connectivity index is 1.51. The molecule has 1 aromatic heterocycles. The van der Waals surface area contributed by atoms with Crippen LogP contribution in [-0.4, -0.2) is 35.8 Å². The lowest BCUT2D eigenvalue weighted by Crippen LogP contribution is -2.30. The molecule has 0 bridgehead atoms. The summed E-state index contributed by atoms with van der Waals surface area (Å²) in [7, 11) is 0. The van der Waals surface area contributed by atoms with Crippen molar-refractivity contribution < 1.29 is 14.6 Å². The lowest BCUT2D eigenvalue weighted by molar-refractivity contribution is 0.0853. The number of hydrogen-bond donors (Lipinski definition) is 3. The van der Waals surface area contributed by atoms with Gasteiger partial charge in [0, 0.05) is 30.5 Å². The topological polar surface area (TPSA) is 97.5 Å². The average Bonchev–Trinajstić information content (AvgIpc) is 2.84. The third-order valence-corrected chi connectivity index (χ3v) is 5.78. The molecular weight excluding hydrogens is 390 g/mol. The summed E-state index contributed by atoms with van der Waals surface area (Å²) in [5.41, 5.74) is 10.5. The van der Waals surface area contributed by atoms with Crippen LogP contribution in [0.4, 0.5) is 5.82 Å². The van der Waals surface area contributed by atoms with Crippen molar-refractivity contribution in [2.45, 2.75) is 24.8 Å². The van der Waals surface area contributed by atoms with Gasteiger partial charge in [-0.05, 0) is 53.6 Å². The van der Waals surface area contributed by atoms with Crippen LogP contribution < -0.4 is 11.1 Å². The molecule has 0 radical (unpaired) electrons. The van der Waals surface area contributed by atoms with E-state index in [9.17, 15) is 9.90 Å². The fourth-order valence-electron chi connectivity index (χ4n) is 3.94. The lowest BCUT2D eigenvalue weighted by atomic mass is 9.91. The van der Waals surface area contributed by atoms with E-state index < -0.39 is 6.04 Å². The molecule has 1 unspecified atom stereocenters. The minimum absolute atomic E-state index is 0.172. The highest BCUT2D eigenvalue weighted by Crippen LogP contribution is 2.32. The van der Waals surface area contributed by atoms with Crippen LogP contribution in [0.3, 0.4) is 0 Å². The molecular formula is C25H27N3O3. The molecule has 3 aromatic rings. The van der Waals surface area contributed by atoms with Gasteiger partial charge in [0.25, 0.3) is 5.91 Å². The molecule has 31 heavy (non-hydrogen) atoms. The zero-order valence-corrected chi connectivity index (χ0v) is 17.3. The monoisotopic (exact) mass is 417 g/mol. The Morgan fingerprint density at radius 3 is 2.52 bits per heavy atom. The number of nitrogen functional groups attached to an aromatic ring is 1. The Kier molecular flexibility index (Phi) is 6.60. The Bertz CT molecular complexity index is 1020. The van der Waals surface area contributed by atoms with E-state index in [1.165, 1.54) is 5.56 Å². The van der Waals surface area contributed by atoms with E-state index in [0.717, 1.165) is 42.7 Å². The standard InChI is InChI=1S/C25H27N3O3/c26-24-22(14-21(15-27-24)17-10-12-31-13-11-17)18-6-8-20(9-7-18)25(30)28-23(16-29)19-4-2-1-3-5-19/h1-9,14-15,17,23,29H,10-13,16H2,(H2,26,27)(H,28,30). The number of nitrogens with one attached hydrogen (secondary N) is 1. The maximum Gasteiger partial charge on any atom is 0.251 e. The van der Waals surface area contributed by atoms with Crippen LogP contribution in [0.2, 0.25) is 0 Å². The number of ether oxygens (including phenoxy) is 1. The molecule has 1 atom stereocenters. The Labute approximate surface area is 182 Å². The van der Waals surface area contributed by atoms with Crippen molar-refractivity contribution in [1.82, 2.24) is 10.3 Å². The first kappa shape index (κ1) is 21.0. The largest absolute Gasteiger partial charge is 0.394 e. The van der Waals surface area contributed by atoms with E-state index in [-0.39, 0.29) is 12.5 Å². The first-order valence-electron chi connectivity index (χ1n) is 10.6. The molecule has 2 heterocycles. The molecule has 1 aliphatic heterocycles. The molecule has 6 heteroatoms. The minimum Gasteiger partial charge on any atom is -0.394 e. The first-order chi connectivity index (χ1) is 15.2. The number of pyridine rings is 1. The summed E-state index contributed by atoms with van der Waals surface area (Å²) < 4.78 is 5.46. The molecule has 1 amide bonds. The fraction of sp³-hybridized carbons (Fsp3) is 0.280. The van der Waals surface area contributed by atoms with E-state index in [1.54, 1.807) is 12.1 Å². The highest BCUT2D eigenvalue weighted by atomic mass is 16.5. The molecule has 0 spiro atoms. The third-order valence-electron chi connectivity index (χ3n) is 5.78. The average molecular weight is 418 g/mol. The van der Waals surface area contributed by atoms with Gasteiger partial charge >= 0.3 is 0 Å². The van der Waals surface area contributed by atoms with E-state index >= 15 is 0 Å². The van der Waals surface area contributed by atoms with Crippen LogP contribution in [0.15, 0.2) is 66.9 Å². The van der Waals surface area contributed by atoms with Crippen LogP contribution in [-0.2, 0) is 4.74 Å². The van der Waals surface area contributed by atoms with Gasteiger partial charge in [-0.2, -0.15) is 0 Å². The first-order valence-corrected chi connectivity index (χ1v) is 10.6. The molecule has 2 aromatic carbocycles. The highest BCUT2D eigenvalue weighted by Gasteiger charge is 2.19. The third kappa shape index (κ3) is 4.93. The molecule has 0 aliphatic carbocycles. The smallest absolute Gasteiger partial charge is 0.251 e. The highest BCUT2D eigenvalue weighted by molar-refractivity contribution is 5.95. The quantitative estimate of drug-likeness (QED) is 0.568. The van der Waals surface area contributed by atoms with Crippen molar-refractivity contribution in [1.29, 1.82) is 0 Å². The molecule has 160 valence electrons. The van der Waals surface area contributed by atoms with Crippen molar-refractivity contribution >= 4 is 11.7 Å². The van der Waals surface area contributed by atoms with Gasteiger partial charge < -0.3 is 20.9 Å². The number of aromatic nitrogens is 1. The van der Waals surface area contributed by atoms with Crippen LogP contribution in [0.1, 0.15) is 46.3 Å². The van der Waals surface area contributed by atoms with Crippen molar-refractivity contribution in [2.75, 3.05) is 25.6 Å². The van der Waals surface area contributed by atoms with Gasteiger partial charge in [-0.25, -0.2) is 4.98 Å². The number of aliphatic hydroxyl groups excluding tert-OH is 1. The van der Waals surface area contributed by atoms with E-state index in [0.29, 0.717) is 17.3 Å². The predicted octanol–water partition coefficient (Wildman–Crippen LogP) is 3.69. The maximum absolute atomic E-state index is 12.7.